The number of rotatable bonds is 4. The Balaban J connectivity index is 2.25. The summed E-state index contributed by atoms with van der Waals surface area (Å²) in [6.07, 6.45) is 0.819. The van der Waals surface area contributed by atoms with Gasteiger partial charge in [0.2, 0.25) is 5.91 Å². The molecule has 0 fully saturated rings. The van der Waals surface area contributed by atoms with Crippen LogP contribution >= 0.6 is 0 Å². The summed E-state index contributed by atoms with van der Waals surface area (Å²) in [7, 11) is 0. The molecule has 1 aliphatic heterocycles. The third-order valence-corrected chi connectivity index (χ3v) is 4.35. The van der Waals surface area contributed by atoms with Gasteiger partial charge in [0.25, 0.3) is 0 Å². The summed E-state index contributed by atoms with van der Waals surface area (Å²) >= 11 is 0. The van der Waals surface area contributed by atoms with Gasteiger partial charge in [-0.15, -0.1) is 0 Å². The third-order valence-electron chi connectivity index (χ3n) is 4.35. The zero-order valence-corrected chi connectivity index (χ0v) is 12.5. The molecule has 5 heteroatoms. The molecule has 0 aliphatic carbocycles. The van der Waals surface area contributed by atoms with Crippen LogP contribution in [-0.2, 0) is 16.1 Å². The predicted molar refractivity (Wildman–Crippen MR) is 79.7 cm³/mol. The molecule has 0 aromatic heterocycles. The van der Waals surface area contributed by atoms with Crippen LogP contribution in [-0.4, -0.2) is 34.5 Å². The van der Waals surface area contributed by atoms with Crippen LogP contribution in [0.1, 0.15) is 37.3 Å². The minimum atomic E-state index is -0.905. The van der Waals surface area contributed by atoms with Crippen LogP contribution < -0.4 is 5.73 Å². The Morgan fingerprint density at radius 1 is 1.43 bits per heavy atom. The lowest BCUT2D eigenvalue weighted by Gasteiger charge is -2.35. The normalized spacial score (nSPS) is 20.5. The lowest BCUT2D eigenvalue weighted by atomic mass is 9.88. The molecule has 0 saturated carbocycles. The van der Waals surface area contributed by atoms with E-state index >= 15 is 0 Å². The molecule has 1 amide bonds. The average Bonchev–Trinajstić information content (AvgIpc) is 2.51. The highest BCUT2D eigenvalue weighted by atomic mass is 16.4. The summed E-state index contributed by atoms with van der Waals surface area (Å²) in [5.41, 5.74) is 7.69. The first-order valence-corrected chi connectivity index (χ1v) is 7.30. The lowest BCUT2D eigenvalue weighted by molar-refractivity contribution is -0.142. The highest BCUT2D eigenvalue weighted by Crippen LogP contribution is 2.29. The van der Waals surface area contributed by atoms with E-state index in [1.807, 2.05) is 38.1 Å². The molecule has 114 valence electrons. The van der Waals surface area contributed by atoms with Crippen LogP contribution in [0.5, 0.6) is 0 Å². The highest BCUT2D eigenvalue weighted by molar-refractivity contribution is 5.84. The van der Waals surface area contributed by atoms with Gasteiger partial charge < -0.3 is 15.7 Å². The van der Waals surface area contributed by atoms with E-state index in [4.69, 9.17) is 5.73 Å². The van der Waals surface area contributed by atoms with Crippen molar-refractivity contribution in [3.05, 3.63) is 35.4 Å². The summed E-state index contributed by atoms with van der Waals surface area (Å²) in [4.78, 5) is 25.5. The molecule has 0 saturated heterocycles. The number of aliphatic carboxylic acids is 1. The van der Waals surface area contributed by atoms with Gasteiger partial charge in [-0.1, -0.05) is 44.5 Å². The number of carboxylic acid groups (broad SMARTS) is 1. The van der Waals surface area contributed by atoms with Gasteiger partial charge in [0.15, 0.2) is 0 Å². The van der Waals surface area contributed by atoms with Crippen molar-refractivity contribution in [3.8, 4) is 0 Å². The minimum Gasteiger partial charge on any atom is -0.481 e. The molecule has 21 heavy (non-hydrogen) atoms. The molecule has 2 rings (SSSR count). The smallest absolute Gasteiger partial charge is 0.312 e. The number of nitrogens with zero attached hydrogens (tertiary/aromatic N) is 1. The summed E-state index contributed by atoms with van der Waals surface area (Å²) in [5, 5.41) is 9.41. The molecule has 0 radical (unpaired) electrons. The first kappa shape index (κ1) is 15.5. The molecular formula is C16H22N2O3. The quantitative estimate of drug-likeness (QED) is 0.881. The number of hydrogen-bond acceptors (Lipinski definition) is 3. The standard InChI is InChI=1S/C16H22N2O3/c1-3-10(2)14(17)15(19)18-8-11-6-4-5-7-12(11)13(9-18)16(20)21/h4-7,10,13-14H,3,8-9,17H2,1-2H3,(H,20,21)/t10-,13?,14-/m0/s1. The number of benzene rings is 1. The second kappa shape index (κ2) is 6.26. The van der Waals surface area contributed by atoms with Crippen molar-refractivity contribution in [2.45, 2.75) is 38.8 Å². The van der Waals surface area contributed by atoms with Crippen LogP contribution in [0.3, 0.4) is 0 Å². The Kier molecular flexibility index (Phi) is 4.63. The van der Waals surface area contributed by atoms with Gasteiger partial charge in [0.1, 0.15) is 0 Å². The number of amides is 1. The topological polar surface area (TPSA) is 83.6 Å². The van der Waals surface area contributed by atoms with Crippen LogP contribution in [0, 0.1) is 5.92 Å². The fourth-order valence-electron chi connectivity index (χ4n) is 2.69. The minimum absolute atomic E-state index is 0.0814. The van der Waals surface area contributed by atoms with Crippen molar-refractivity contribution >= 4 is 11.9 Å². The SMILES string of the molecule is CC[C@H](C)[C@H](N)C(=O)N1Cc2ccccc2C(C(=O)O)C1. The van der Waals surface area contributed by atoms with E-state index in [-0.39, 0.29) is 18.4 Å². The number of carboxylic acids is 1. The largest absolute Gasteiger partial charge is 0.481 e. The molecule has 1 unspecified atom stereocenters. The van der Waals surface area contributed by atoms with Gasteiger partial charge in [0.05, 0.1) is 12.0 Å². The van der Waals surface area contributed by atoms with E-state index in [9.17, 15) is 14.7 Å². The Hall–Kier alpha value is -1.88. The molecule has 0 bridgehead atoms. The molecular weight excluding hydrogens is 268 g/mol. The number of carbonyl (C=O) groups is 2. The summed E-state index contributed by atoms with van der Waals surface area (Å²) < 4.78 is 0. The van der Waals surface area contributed by atoms with Gasteiger partial charge in [-0.3, -0.25) is 9.59 Å². The molecule has 1 aliphatic rings. The zero-order valence-electron chi connectivity index (χ0n) is 12.5. The van der Waals surface area contributed by atoms with Crippen molar-refractivity contribution in [1.29, 1.82) is 0 Å². The molecule has 1 aromatic carbocycles. The molecule has 3 N–H and O–H groups in total. The first-order valence-electron chi connectivity index (χ1n) is 7.30. The molecule has 0 spiro atoms. The molecule has 1 aromatic rings. The monoisotopic (exact) mass is 290 g/mol. The first-order chi connectivity index (χ1) is 9.95. The Morgan fingerprint density at radius 2 is 2.10 bits per heavy atom. The maximum atomic E-state index is 12.5. The van der Waals surface area contributed by atoms with Gasteiger partial charge in [-0.05, 0) is 17.0 Å². The van der Waals surface area contributed by atoms with Crippen LogP contribution in [0.2, 0.25) is 0 Å². The summed E-state index contributed by atoms with van der Waals surface area (Å²) in [6, 6.07) is 6.82. The van der Waals surface area contributed by atoms with Crippen molar-refractivity contribution in [2.24, 2.45) is 11.7 Å². The van der Waals surface area contributed by atoms with E-state index < -0.39 is 17.9 Å². The highest BCUT2D eigenvalue weighted by Gasteiger charge is 2.34. The van der Waals surface area contributed by atoms with E-state index in [2.05, 4.69) is 0 Å². The molecule has 1 heterocycles. The van der Waals surface area contributed by atoms with Gasteiger partial charge >= 0.3 is 5.97 Å². The summed E-state index contributed by atoms with van der Waals surface area (Å²) in [5.74, 6) is -1.66. The number of hydrogen-bond donors (Lipinski definition) is 2. The Labute approximate surface area is 124 Å². The van der Waals surface area contributed by atoms with E-state index in [0.717, 1.165) is 17.5 Å². The van der Waals surface area contributed by atoms with Crippen LogP contribution in [0.15, 0.2) is 24.3 Å². The van der Waals surface area contributed by atoms with Gasteiger partial charge in [0, 0.05) is 13.1 Å². The van der Waals surface area contributed by atoms with Crippen molar-refractivity contribution in [1.82, 2.24) is 4.90 Å². The average molecular weight is 290 g/mol. The number of fused-ring (bicyclic) bond motifs is 1. The molecule has 5 nitrogen and oxygen atoms in total. The third kappa shape index (κ3) is 3.08. The van der Waals surface area contributed by atoms with Crippen molar-refractivity contribution in [2.75, 3.05) is 6.54 Å². The number of carbonyl (C=O) groups excluding carboxylic acids is 1. The molecule has 3 atom stereocenters. The Bertz CT molecular complexity index is 544. The van der Waals surface area contributed by atoms with E-state index in [1.165, 1.54) is 0 Å². The van der Waals surface area contributed by atoms with Gasteiger partial charge in [-0.25, -0.2) is 0 Å². The Morgan fingerprint density at radius 3 is 2.71 bits per heavy atom. The van der Waals surface area contributed by atoms with Crippen LogP contribution in [0.4, 0.5) is 0 Å². The zero-order chi connectivity index (χ0) is 15.6. The predicted octanol–water partition coefficient (Wildman–Crippen LogP) is 1.57. The number of nitrogens with two attached hydrogens (primary N) is 1. The van der Waals surface area contributed by atoms with E-state index in [1.54, 1.807) is 4.90 Å². The maximum absolute atomic E-state index is 12.5. The second-order valence-corrected chi connectivity index (χ2v) is 5.72. The van der Waals surface area contributed by atoms with Crippen molar-refractivity contribution in [3.63, 3.8) is 0 Å². The van der Waals surface area contributed by atoms with Crippen molar-refractivity contribution < 1.29 is 14.7 Å². The lowest BCUT2D eigenvalue weighted by Crippen LogP contribution is -2.50. The second-order valence-electron chi connectivity index (χ2n) is 5.72. The fraction of sp³-hybridized carbons (Fsp3) is 0.500. The maximum Gasteiger partial charge on any atom is 0.312 e. The van der Waals surface area contributed by atoms with Crippen LogP contribution in [0.25, 0.3) is 0 Å². The summed E-state index contributed by atoms with van der Waals surface area (Å²) in [6.45, 7) is 4.55. The fourth-order valence-corrected chi connectivity index (χ4v) is 2.69. The van der Waals surface area contributed by atoms with Gasteiger partial charge in [-0.2, -0.15) is 0 Å². The van der Waals surface area contributed by atoms with E-state index in [0.29, 0.717) is 6.54 Å².